The zero-order chi connectivity index (χ0) is 21.8. The lowest BCUT2D eigenvalue weighted by molar-refractivity contribution is -0.120. The van der Waals surface area contributed by atoms with Gasteiger partial charge in [0.1, 0.15) is 5.75 Å². The average molecular weight is 413 g/mol. The number of methoxy groups -OCH3 is 2. The van der Waals surface area contributed by atoms with Crippen LogP contribution in [-0.4, -0.2) is 45.4 Å². The molecule has 0 aromatic heterocycles. The second-order valence-corrected chi connectivity index (χ2v) is 6.32. The molecule has 8 heteroatoms. The largest absolute Gasteiger partial charge is 0.494 e. The minimum atomic E-state index is -0.445. The third-order valence-corrected chi connectivity index (χ3v) is 4.10. The van der Waals surface area contributed by atoms with Gasteiger partial charge in [-0.1, -0.05) is 13.3 Å². The van der Waals surface area contributed by atoms with Crippen molar-refractivity contribution < 1.29 is 23.8 Å². The third kappa shape index (κ3) is 7.12. The fraction of sp³-hybridized carbons (Fsp3) is 0.318. The van der Waals surface area contributed by atoms with Crippen molar-refractivity contribution in [3.63, 3.8) is 0 Å². The molecule has 0 spiro atoms. The molecule has 160 valence electrons. The van der Waals surface area contributed by atoms with Crippen LogP contribution >= 0.6 is 0 Å². The number of carbonyl (C=O) groups is 2. The number of nitrogens with one attached hydrogen (secondary N) is 2. The van der Waals surface area contributed by atoms with Gasteiger partial charge in [0, 0.05) is 5.56 Å². The van der Waals surface area contributed by atoms with Gasteiger partial charge in [-0.2, -0.15) is 5.10 Å². The molecule has 0 heterocycles. The van der Waals surface area contributed by atoms with Gasteiger partial charge >= 0.3 is 0 Å². The zero-order valence-electron chi connectivity index (χ0n) is 17.4. The summed E-state index contributed by atoms with van der Waals surface area (Å²) in [6.45, 7) is 2.54. The molecule has 0 unspecified atom stereocenters. The molecular weight excluding hydrogens is 386 g/mol. The highest BCUT2D eigenvalue weighted by Gasteiger charge is 2.08. The highest BCUT2D eigenvalue weighted by molar-refractivity contribution is 5.96. The molecule has 8 nitrogen and oxygen atoms in total. The monoisotopic (exact) mass is 413 g/mol. The van der Waals surface area contributed by atoms with Crippen LogP contribution in [-0.2, 0) is 4.79 Å². The van der Waals surface area contributed by atoms with Crippen LogP contribution in [0, 0.1) is 0 Å². The van der Waals surface area contributed by atoms with Gasteiger partial charge in [-0.25, -0.2) is 5.43 Å². The number of amides is 2. The van der Waals surface area contributed by atoms with Gasteiger partial charge in [-0.15, -0.1) is 0 Å². The van der Waals surface area contributed by atoms with Crippen molar-refractivity contribution in [2.24, 2.45) is 5.10 Å². The molecule has 0 aliphatic carbocycles. The standard InChI is InChI=1S/C22H27N3O5/c1-4-5-12-30-18-9-7-17(8-10-18)22(27)23-15-21(26)25-24-14-16-6-11-19(28-2)20(13-16)29-3/h6-11,13-14H,4-5,12,15H2,1-3H3,(H,23,27)(H,25,26). The number of rotatable bonds is 11. The van der Waals surface area contributed by atoms with E-state index < -0.39 is 5.91 Å². The van der Waals surface area contributed by atoms with Gasteiger partial charge < -0.3 is 19.5 Å². The van der Waals surface area contributed by atoms with Crippen LogP contribution in [0.4, 0.5) is 0 Å². The molecule has 0 atom stereocenters. The van der Waals surface area contributed by atoms with E-state index in [0.29, 0.717) is 29.4 Å². The fourth-order valence-electron chi connectivity index (χ4n) is 2.45. The Labute approximate surface area is 176 Å². The van der Waals surface area contributed by atoms with Crippen LogP contribution in [0.5, 0.6) is 17.2 Å². The molecule has 0 radical (unpaired) electrons. The molecule has 2 amide bonds. The lowest BCUT2D eigenvalue weighted by Crippen LogP contribution is -2.34. The maximum atomic E-state index is 12.2. The second kappa shape index (κ2) is 12.1. The molecule has 2 aromatic carbocycles. The average Bonchev–Trinajstić information content (AvgIpc) is 2.78. The van der Waals surface area contributed by atoms with Gasteiger partial charge in [-0.05, 0) is 54.4 Å². The summed E-state index contributed by atoms with van der Waals surface area (Å²) in [6.07, 6.45) is 3.51. The molecule has 0 aliphatic heterocycles. The number of hydrogen-bond donors (Lipinski definition) is 2. The van der Waals surface area contributed by atoms with Gasteiger partial charge in [0.05, 0.1) is 33.6 Å². The first-order valence-electron chi connectivity index (χ1n) is 9.62. The minimum Gasteiger partial charge on any atom is -0.494 e. The first-order chi connectivity index (χ1) is 14.6. The van der Waals surface area contributed by atoms with Crippen molar-refractivity contribution in [1.29, 1.82) is 0 Å². The van der Waals surface area contributed by atoms with Crippen LogP contribution in [0.1, 0.15) is 35.7 Å². The Bertz CT molecular complexity index is 866. The highest BCUT2D eigenvalue weighted by Crippen LogP contribution is 2.26. The molecule has 0 saturated carbocycles. The summed E-state index contributed by atoms with van der Waals surface area (Å²) < 4.78 is 15.9. The molecule has 2 N–H and O–H groups in total. The van der Waals surface area contributed by atoms with Crippen molar-refractivity contribution in [3.8, 4) is 17.2 Å². The Hall–Kier alpha value is -3.55. The Balaban J connectivity index is 1.78. The smallest absolute Gasteiger partial charge is 0.259 e. The summed E-state index contributed by atoms with van der Waals surface area (Å²) in [4.78, 5) is 24.0. The van der Waals surface area contributed by atoms with E-state index in [2.05, 4.69) is 22.8 Å². The van der Waals surface area contributed by atoms with E-state index in [9.17, 15) is 9.59 Å². The minimum absolute atomic E-state index is 0.198. The Morgan fingerprint density at radius 2 is 1.77 bits per heavy atom. The predicted octanol–water partition coefficient (Wildman–Crippen LogP) is 2.76. The van der Waals surface area contributed by atoms with E-state index in [0.717, 1.165) is 18.4 Å². The van der Waals surface area contributed by atoms with E-state index in [1.165, 1.54) is 13.3 Å². The first-order valence-corrected chi connectivity index (χ1v) is 9.62. The van der Waals surface area contributed by atoms with Gasteiger partial charge in [0.2, 0.25) is 0 Å². The molecule has 0 aliphatic rings. The van der Waals surface area contributed by atoms with E-state index in [4.69, 9.17) is 14.2 Å². The van der Waals surface area contributed by atoms with Crippen molar-refractivity contribution in [2.75, 3.05) is 27.4 Å². The molecule has 0 bridgehead atoms. The number of hydrazone groups is 1. The quantitative estimate of drug-likeness (QED) is 0.335. The molecule has 2 aromatic rings. The van der Waals surface area contributed by atoms with Crippen LogP contribution in [0.2, 0.25) is 0 Å². The SMILES string of the molecule is CCCCOc1ccc(C(=O)NCC(=O)NN=Cc2ccc(OC)c(OC)c2)cc1. The van der Waals surface area contributed by atoms with E-state index in [1.807, 2.05) is 0 Å². The van der Waals surface area contributed by atoms with Crippen molar-refractivity contribution in [1.82, 2.24) is 10.7 Å². The summed E-state index contributed by atoms with van der Waals surface area (Å²) in [5.74, 6) is 1.07. The number of benzene rings is 2. The topological polar surface area (TPSA) is 98.2 Å². The lowest BCUT2D eigenvalue weighted by Gasteiger charge is -2.08. The van der Waals surface area contributed by atoms with E-state index in [1.54, 1.807) is 49.6 Å². The van der Waals surface area contributed by atoms with Crippen LogP contribution in [0.25, 0.3) is 0 Å². The third-order valence-electron chi connectivity index (χ3n) is 4.10. The highest BCUT2D eigenvalue weighted by atomic mass is 16.5. The van der Waals surface area contributed by atoms with Crippen LogP contribution < -0.4 is 25.0 Å². The number of nitrogens with zero attached hydrogens (tertiary/aromatic N) is 1. The van der Waals surface area contributed by atoms with Gasteiger partial charge in [0.15, 0.2) is 11.5 Å². The summed E-state index contributed by atoms with van der Waals surface area (Å²) >= 11 is 0. The Kier molecular flexibility index (Phi) is 9.18. The maximum absolute atomic E-state index is 12.2. The number of carbonyl (C=O) groups excluding carboxylic acids is 2. The number of hydrogen-bond acceptors (Lipinski definition) is 6. The zero-order valence-corrected chi connectivity index (χ0v) is 17.4. The first kappa shape index (κ1) is 22.7. The normalized spacial score (nSPS) is 10.5. The number of ether oxygens (including phenoxy) is 3. The van der Waals surface area contributed by atoms with E-state index in [-0.39, 0.29) is 12.5 Å². The maximum Gasteiger partial charge on any atom is 0.259 e. The van der Waals surface area contributed by atoms with Crippen molar-refractivity contribution in [2.45, 2.75) is 19.8 Å². The summed E-state index contributed by atoms with van der Waals surface area (Å²) in [5, 5.41) is 6.43. The number of unbranched alkanes of at least 4 members (excludes halogenated alkanes) is 1. The van der Waals surface area contributed by atoms with Crippen LogP contribution in [0.3, 0.4) is 0 Å². The summed E-state index contributed by atoms with van der Waals surface area (Å²) in [6, 6.07) is 12.0. The Morgan fingerprint density at radius 3 is 2.43 bits per heavy atom. The molecule has 2 rings (SSSR count). The van der Waals surface area contributed by atoms with Gasteiger partial charge in [0.25, 0.3) is 11.8 Å². The van der Waals surface area contributed by atoms with Crippen molar-refractivity contribution >= 4 is 18.0 Å². The van der Waals surface area contributed by atoms with Gasteiger partial charge in [-0.3, -0.25) is 9.59 Å². The lowest BCUT2D eigenvalue weighted by atomic mass is 10.2. The van der Waals surface area contributed by atoms with Crippen molar-refractivity contribution in [3.05, 3.63) is 53.6 Å². The molecule has 30 heavy (non-hydrogen) atoms. The summed E-state index contributed by atoms with van der Waals surface area (Å²) in [5.41, 5.74) is 3.53. The Morgan fingerprint density at radius 1 is 1.03 bits per heavy atom. The van der Waals surface area contributed by atoms with E-state index >= 15 is 0 Å². The fourth-order valence-corrected chi connectivity index (χ4v) is 2.45. The summed E-state index contributed by atoms with van der Waals surface area (Å²) in [7, 11) is 3.09. The van der Waals surface area contributed by atoms with Crippen LogP contribution in [0.15, 0.2) is 47.6 Å². The molecule has 0 fully saturated rings. The second-order valence-electron chi connectivity index (χ2n) is 6.32. The molecule has 0 saturated heterocycles. The molecular formula is C22H27N3O5. The predicted molar refractivity (Wildman–Crippen MR) is 114 cm³/mol.